The van der Waals surface area contributed by atoms with Crippen molar-refractivity contribution in [2.45, 2.75) is 23.4 Å². The molecule has 1 aromatic heterocycles. The van der Waals surface area contributed by atoms with E-state index in [-0.39, 0.29) is 17.1 Å². The summed E-state index contributed by atoms with van der Waals surface area (Å²) in [5, 5.41) is 5.52. The van der Waals surface area contributed by atoms with Crippen molar-refractivity contribution in [2.75, 3.05) is 17.2 Å². The van der Waals surface area contributed by atoms with Crippen molar-refractivity contribution >= 4 is 56.5 Å². The average Bonchev–Trinajstić information content (AvgIpc) is 3.22. The first-order valence-corrected chi connectivity index (χ1v) is 12.2. The molecule has 0 aliphatic carbocycles. The van der Waals surface area contributed by atoms with E-state index in [9.17, 15) is 9.59 Å². The smallest absolute Gasteiger partial charge is 0.255 e. The van der Waals surface area contributed by atoms with Gasteiger partial charge in [-0.15, -0.1) is 11.3 Å². The molecule has 0 unspecified atom stereocenters. The topological polar surface area (TPSA) is 80.3 Å². The van der Waals surface area contributed by atoms with Gasteiger partial charge in [0.1, 0.15) is 5.75 Å². The largest absolute Gasteiger partial charge is 0.494 e. The van der Waals surface area contributed by atoms with Gasteiger partial charge in [-0.05, 0) is 68.4 Å². The first kappa shape index (κ1) is 22.8. The number of nitrogens with zero attached hydrogens (tertiary/aromatic N) is 1. The summed E-state index contributed by atoms with van der Waals surface area (Å²) in [4.78, 5) is 29.6. The van der Waals surface area contributed by atoms with E-state index < -0.39 is 0 Å². The van der Waals surface area contributed by atoms with Gasteiger partial charge in [0.15, 0.2) is 4.34 Å². The van der Waals surface area contributed by atoms with Gasteiger partial charge in [0.25, 0.3) is 5.91 Å². The molecule has 168 valence electrons. The molecule has 8 heteroatoms. The van der Waals surface area contributed by atoms with Crippen molar-refractivity contribution in [3.63, 3.8) is 0 Å². The van der Waals surface area contributed by atoms with E-state index in [0.29, 0.717) is 17.9 Å². The van der Waals surface area contributed by atoms with Crippen LogP contribution >= 0.6 is 23.1 Å². The molecule has 1 heterocycles. The van der Waals surface area contributed by atoms with Crippen LogP contribution in [0.3, 0.4) is 0 Å². The summed E-state index contributed by atoms with van der Waals surface area (Å²) in [6.07, 6.45) is 0. The molecule has 0 saturated heterocycles. The Morgan fingerprint density at radius 1 is 1.00 bits per heavy atom. The van der Waals surface area contributed by atoms with E-state index >= 15 is 0 Å². The minimum absolute atomic E-state index is 0.0979. The van der Waals surface area contributed by atoms with E-state index in [2.05, 4.69) is 15.6 Å². The Bertz CT molecular complexity index is 1260. The number of fused-ring (bicyclic) bond motifs is 1. The second kappa shape index (κ2) is 10.5. The second-order valence-electron chi connectivity index (χ2n) is 7.19. The van der Waals surface area contributed by atoms with Crippen LogP contribution in [0.1, 0.15) is 24.2 Å². The van der Waals surface area contributed by atoms with Gasteiger partial charge < -0.3 is 15.4 Å². The van der Waals surface area contributed by atoms with E-state index in [1.807, 2.05) is 74.5 Å². The molecule has 6 nitrogen and oxygen atoms in total. The maximum absolute atomic E-state index is 12.6. The molecule has 0 saturated carbocycles. The van der Waals surface area contributed by atoms with Crippen LogP contribution < -0.4 is 15.4 Å². The molecule has 4 rings (SSSR count). The third kappa shape index (κ3) is 5.91. The summed E-state index contributed by atoms with van der Waals surface area (Å²) < 4.78 is 7.17. The van der Waals surface area contributed by atoms with Crippen LogP contribution in [0, 0.1) is 0 Å². The number of nitrogens with one attached hydrogen (secondary N) is 2. The molecule has 0 radical (unpaired) electrons. The Morgan fingerprint density at radius 3 is 2.45 bits per heavy atom. The number of amides is 2. The molecule has 33 heavy (non-hydrogen) atoms. The SMILES string of the molecule is CCOc1ccc(NC(=O)[C@H](C)Sc2nc3ccc(NC(=O)c4ccccc4)cc3s2)cc1. The van der Waals surface area contributed by atoms with Crippen molar-refractivity contribution in [3.8, 4) is 5.75 Å². The van der Waals surface area contributed by atoms with Gasteiger partial charge in [-0.1, -0.05) is 30.0 Å². The first-order chi connectivity index (χ1) is 16.0. The van der Waals surface area contributed by atoms with Crippen molar-refractivity contribution in [3.05, 3.63) is 78.4 Å². The lowest BCUT2D eigenvalue weighted by molar-refractivity contribution is -0.115. The molecule has 1 atom stereocenters. The molecule has 2 amide bonds. The lowest BCUT2D eigenvalue weighted by Crippen LogP contribution is -2.22. The van der Waals surface area contributed by atoms with E-state index in [1.165, 1.54) is 23.1 Å². The molecule has 0 bridgehead atoms. The van der Waals surface area contributed by atoms with E-state index in [0.717, 1.165) is 26.0 Å². The highest BCUT2D eigenvalue weighted by atomic mass is 32.2. The summed E-state index contributed by atoms with van der Waals surface area (Å²) in [6, 6.07) is 22.0. The zero-order valence-electron chi connectivity index (χ0n) is 18.2. The van der Waals surface area contributed by atoms with Crippen LogP contribution in [-0.2, 0) is 4.79 Å². The minimum Gasteiger partial charge on any atom is -0.494 e. The Labute approximate surface area is 200 Å². The summed E-state index contributed by atoms with van der Waals surface area (Å²) in [5.41, 5.74) is 2.86. The standard InChI is InChI=1S/C25H23N3O3S2/c1-3-31-20-12-9-18(10-13-20)26-23(29)16(2)32-25-28-21-14-11-19(15-22(21)33-25)27-24(30)17-7-5-4-6-8-17/h4-16H,3H2,1-2H3,(H,26,29)(H,27,30)/t16-/m0/s1. The Kier molecular flexibility index (Phi) is 7.26. The number of hydrogen-bond acceptors (Lipinski definition) is 6. The Hall–Kier alpha value is -3.36. The number of carbonyl (C=O) groups is 2. The summed E-state index contributed by atoms with van der Waals surface area (Å²) in [5.74, 6) is 0.514. The van der Waals surface area contributed by atoms with Crippen molar-refractivity contribution in [2.24, 2.45) is 0 Å². The average molecular weight is 478 g/mol. The lowest BCUT2D eigenvalue weighted by Gasteiger charge is -2.11. The molecule has 3 aromatic carbocycles. The number of hydrogen-bond donors (Lipinski definition) is 2. The number of rotatable bonds is 8. The van der Waals surface area contributed by atoms with Crippen LogP contribution in [0.25, 0.3) is 10.2 Å². The van der Waals surface area contributed by atoms with Gasteiger partial charge in [-0.25, -0.2) is 4.98 Å². The van der Waals surface area contributed by atoms with Gasteiger partial charge in [0.2, 0.25) is 5.91 Å². The maximum Gasteiger partial charge on any atom is 0.255 e. The Morgan fingerprint density at radius 2 is 1.73 bits per heavy atom. The lowest BCUT2D eigenvalue weighted by atomic mass is 10.2. The molecule has 0 fully saturated rings. The summed E-state index contributed by atoms with van der Waals surface area (Å²) >= 11 is 2.91. The van der Waals surface area contributed by atoms with Crippen LogP contribution in [0.15, 0.2) is 77.1 Å². The monoisotopic (exact) mass is 477 g/mol. The van der Waals surface area contributed by atoms with Gasteiger partial charge in [0.05, 0.1) is 22.1 Å². The molecule has 0 spiro atoms. The fourth-order valence-corrected chi connectivity index (χ4v) is 5.32. The molecule has 2 N–H and O–H groups in total. The maximum atomic E-state index is 12.6. The number of thiazole rings is 1. The molecular weight excluding hydrogens is 454 g/mol. The Balaban J connectivity index is 1.38. The van der Waals surface area contributed by atoms with Gasteiger partial charge in [-0.2, -0.15) is 0 Å². The highest BCUT2D eigenvalue weighted by Gasteiger charge is 2.17. The molecule has 0 aliphatic rings. The molecular formula is C25H23N3O3S2. The number of thioether (sulfide) groups is 1. The summed E-state index contributed by atoms with van der Waals surface area (Å²) in [7, 11) is 0. The first-order valence-electron chi connectivity index (χ1n) is 10.5. The van der Waals surface area contributed by atoms with E-state index in [1.54, 1.807) is 12.1 Å². The fourth-order valence-electron chi connectivity index (χ4n) is 3.07. The number of anilines is 2. The normalized spacial score (nSPS) is 11.7. The predicted octanol–water partition coefficient (Wildman–Crippen LogP) is 6.07. The van der Waals surface area contributed by atoms with Gasteiger partial charge in [0, 0.05) is 16.9 Å². The van der Waals surface area contributed by atoms with Crippen molar-refractivity contribution in [1.82, 2.24) is 4.98 Å². The predicted molar refractivity (Wildman–Crippen MR) is 136 cm³/mol. The minimum atomic E-state index is -0.325. The third-order valence-corrected chi connectivity index (χ3v) is 6.95. The zero-order valence-corrected chi connectivity index (χ0v) is 19.8. The van der Waals surface area contributed by atoms with Crippen LogP contribution in [0.4, 0.5) is 11.4 Å². The quantitative estimate of drug-likeness (QED) is 0.301. The van der Waals surface area contributed by atoms with Gasteiger partial charge >= 0.3 is 0 Å². The van der Waals surface area contributed by atoms with Crippen molar-refractivity contribution < 1.29 is 14.3 Å². The highest BCUT2D eigenvalue weighted by Crippen LogP contribution is 2.34. The van der Waals surface area contributed by atoms with Gasteiger partial charge in [-0.3, -0.25) is 9.59 Å². The van der Waals surface area contributed by atoms with Crippen LogP contribution in [0.5, 0.6) is 5.75 Å². The highest BCUT2D eigenvalue weighted by molar-refractivity contribution is 8.02. The second-order valence-corrected chi connectivity index (χ2v) is 9.81. The fraction of sp³-hybridized carbons (Fsp3) is 0.160. The van der Waals surface area contributed by atoms with Crippen LogP contribution in [0.2, 0.25) is 0 Å². The number of aromatic nitrogens is 1. The molecule has 0 aliphatic heterocycles. The molecule has 4 aromatic rings. The zero-order chi connectivity index (χ0) is 23.2. The number of ether oxygens (including phenoxy) is 1. The van der Waals surface area contributed by atoms with Crippen LogP contribution in [-0.4, -0.2) is 28.7 Å². The summed E-state index contributed by atoms with van der Waals surface area (Å²) in [6.45, 7) is 4.38. The number of carbonyl (C=O) groups excluding carboxylic acids is 2. The van der Waals surface area contributed by atoms with E-state index in [4.69, 9.17) is 4.74 Å². The van der Waals surface area contributed by atoms with Crippen molar-refractivity contribution in [1.29, 1.82) is 0 Å². The number of benzene rings is 3. The third-order valence-electron chi connectivity index (χ3n) is 4.74.